The van der Waals surface area contributed by atoms with Gasteiger partial charge in [0.1, 0.15) is 5.75 Å². The van der Waals surface area contributed by atoms with Gasteiger partial charge in [-0.2, -0.15) is 0 Å². The molecule has 1 aliphatic heterocycles. The highest BCUT2D eigenvalue weighted by atomic mass is 16.5. The topological polar surface area (TPSA) is 66.9 Å². The van der Waals surface area contributed by atoms with Crippen molar-refractivity contribution in [1.82, 2.24) is 9.80 Å². The number of carbonyl (C=O) groups is 3. The highest BCUT2D eigenvalue weighted by Crippen LogP contribution is 2.21. The lowest BCUT2D eigenvalue weighted by Crippen LogP contribution is -2.50. The molecule has 0 atom stereocenters. The van der Waals surface area contributed by atoms with E-state index in [0.717, 1.165) is 38.5 Å². The van der Waals surface area contributed by atoms with Gasteiger partial charge in [0.05, 0.1) is 5.56 Å². The van der Waals surface area contributed by atoms with Gasteiger partial charge in [0, 0.05) is 39.5 Å². The third kappa shape index (κ3) is 14.3. The number of amides is 2. The van der Waals surface area contributed by atoms with Crippen LogP contribution in [0.3, 0.4) is 0 Å². The lowest BCUT2D eigenvalue weighted by atomic mass is 10.1. The van der Waals surface area contributed by atoms with E-state index < -0.39 is 5.97 Å². The van der Waals surface area contributed by atoms with Crippen LogP contribution in [0, 0.1) is 0 Å². The first-order chi connectivity index (χ1) is 20.0. The fourth-order valence-electron chi connectivity index (χ4n) is 4.22. The molecule has 0 bridgehead atoms. The van der Waals surface area contributed by atoms with Crippen molar-refractivity contribution in [3.63, 3.8) is 0 Å². The number of ether oxygens (including phenoxy) is 1. The fraction of sp³-hybridized carbons (Fsp3) is 0.400. The monoisotopic (exact) mass is 558 g/mol. The van der Waals surface area contributed by atoms with Gasteiger partial charge < -0.3 is 14.5 Å². The zero-order valence-corrected chi connectivity index (χ0v) is 24.8. The van der Waals surface area contributed by atoms with Crippen LogP contribution in [0.1, 0.15) is 75.6 Å². The first-order valence-corrected chi connectivity index (χ1v) is 14.8. The van der Waals surface area contributed by atoms with Gasteiger partial charge in [0.15, 0.2) is 0 Å². The maximum atomic E-state index is 12.9. The predicted octanol–water partition coefficient (Wildman–Crippen LogP) is 7.37. The molecule has 6 nitrogen and oxygen atoms in total. The summed E-state index contributed by atoms with van der Waals surface area (Å²) < 4.78 is 5.18. The Morgan fingerprint density at radius 3 is 1.66 bits per heavy atom. The molecule has 0 aliphatic carbocycles. The molecule has 1 fully saturated rings. The first-order valence-electron chi connectivity index (χ1n) is 14.8. The molecule has 2 amide bonds. The predicted molar refractivity (Wildman–Crippen MR) is 168 cm³/mol. The van der Waals surface area contributed by atoms with Crippen molar-refractivity contribution in [3.8, 4) is 5.75 Å². The minimum Gasteiger partial charge on any atom is -0.426 e. The maximum Gasteiger partial charge on any atom is 0.308 e. The zero-order valence-electron chi connectivity index (χ0n) is 24.8. The van der Waals surface area contributed by atoms with E-state index in [9.17, 15) is 14.4 Å². The van der Waals surface area contributed by atoms with Crippen LogP contribution < -0.4 is 4.74 Å². The highest BCUT2D eigenvalue weighted by Gasteiger charge is 2.26. The Kier molecular flexibility index (Phi) is 17.0. The first kappa shape index (κ1) is 33.3. The Labute approximate surface area is 246 Å². The summed E-state index contributed by atoms with van der Waals surface area (Å²) in [7, 11) is 0. The summed E-state index contributed by atoms with van der Waals surface area (Å²) in [5, 5.41) is 0. The van der Waals surface area contributed by atoms with Gasteiger partial charge in [-0.25, -0.2) is 0 Å². The average Bonchev–Trinajstić information content (AvgIpc) is 2.98. The van der Waals surface area contributed by atoms with Crippen molar-refractivity contribution < 1.29 is 19.1 Å². The quantitative estimate of drug-likeness (QED) is 0.121. The summed E-state index contributed by atoms with van der Waals surface area (Å²) in [6.07, 6.45) is 33.0. The molecule has 1 aliphatic rings. The molecule has 1 aromatic carbocycles. The summed E-state index contributed by atoms with van der Waals surface area (Å²) in [5.74, 6) is -0.281. The Morgan fingerprint density at radius 1 is 0.683 bits per heavy atom. The van der Waals surface area contributed by atoms with Gasteiger partial charge in [-0.1, -0.05) is 92.0 Å². The van der Waals surface area contributed by atoms with E-state index in [1.54, 1.807) is 29.2 Å². The number of benzene rings is 1. The van der Waals surface area contributed by atoms with E-state index in [2.05, 4.69) is 79.8 Å². The number of allylic oxidation sites excluding steroid dienone is 12. The maximum absolute atomic E-state index is 12.9. The Morgan fingerprint density at radius 2 is 1.15 bits per heavy atom. The molecule has 1 saturated heterocycles. The molecule has 1 heterocycles. The molecule has 0 radical (unpaired) electrons. The summed E-state index contributed by atoms with van der Waals surface area (Å²) in [6.45, 7) is 5.38. The lowest BCUT2D eigenvalue weighted by Gasteiger charge is -2.35. The second-order valence-corrected chi connectivity index (χ2v) is 9.72. The zero-order chi connectivity index (χ0) is 29.5. The van der Waals surface area contributed by atoms with E-state index >= 15 is 0 Å². The number of rotatable bonds is 16. The summed E-state index contributed by atoms with van der Waals surface area (Å²) >= 11 is 0. The molecule has 1 aromatic rings. The van der Waals surface area contributed by atoms with Gasteiger partial charge in [-0.05, 0) is 57.1 Å². The van der Waals surface area contributed by atoms with Crippen LogP contribution in [0.5, 0.6) is 5.75 Å². The molecule has 0 unspecified atom stereocenters. The van der Waals surface area contributed by atoms with Crippen molar-refractivity contribution in [3.05, 3.63) is 103 Å². The number of carbonyl (C=O) groups excluding carboxylic acids is 3. The van der Waals surface area contributed by atoms with Crippen LogP contribution >= 0.6 is 0 Å². The van der Waals surface area contributed by atoms with Gasteiger partial charge in [-0.15, -0.1) is 0 Å². The van der Waals surface area contributed by atoms with Gasteiger partial charge in [0.25, 0.3) is 5.91 Å². The summed E-state index contributed by atoms with van der Waals surface area (Å²) in [6, 6.07) is 6.74. The van der Waals surface area contributed by atoms with E-state index in [4.69, 9.17) is 4.74 Å². The normalized spacial score (nSPS) is 14.6. The number of nitrogens with zero attached hydrogens (tertiary/aromatic N) is 2. The molecule has 0 N–H and O–H groups in total. The molecule has 0 saturated carbocycles. The number of esters is 1. The minimum absolute atomic E-state index is 0.108. The van der Waals surface area contributed by atoms with Gasteiger partial charge in [-0.3, -0.25) is 14.4 Å². The van der Waals surface area contributed by atoms with Crippen LogP contribution in [-0.4, -0.2) is 53.8 Å². The second-order valence-electron chi connectivity index (χ2n) is 9.72. The highest BCUT2D eigenvalue weighted by molar-refractivity contribution is 5.97. The number of hydrogen-bond acceptors (Lipinski definition) is 4. The van der Waals surface area contributed by atoms with Crippen molar-refractivity contribution in [2.75, 3.05) is 26.2 Å². The van der Waals surface area contributed by atoms with Gasteiger partial charge in [0.2, 0.25) is 5.91 Å². The number of hydrogen-bond donors (Lipinski definition) is 0. The largest absolute Gasteiger partial charge is 0.426 e. The lowest BCUT2D eigenvalue weighted by molar-refractivity contribution is -0.133. The van der Waals surface area contributed by atoms with E-state index in [1.165, 1.54) is 6.92 Å². The molecule has 220 valence electrons. The number of piperazine rings is 1. The van der Waals surface area contributed by atoms with E-state index in [-0.39, 0.29) is 17.6 Å². The molecular formula is C35H46N2O4. The minimum atomic E-state index is -0.465. The SMILES string of the molecule is CC/C=C\C/C=C\C/C=C\C/C=C\C/C=C\C/C=C\CCC(=O)N1CCN(C(=O)c2ccccc2OC(C)=O)CC1. The average molecular weight is 559 g/mol. The fourth-order valence-corrected chi connectivity index (χ4v) is 4.22. The Hall–Kier alpha value is -3.93. The van der Waals surface area contributed by atoms with Crippen molar-refractivity contribution in [2.45, 2.75) is 65.2 Å². The second kappa shape index (κ2) is 20.9. The number of para-hydroxylation sites is 1. The third-order valence-corrected chi connectivity index (χ3v) is 6.41. The van der Waals surface area contributed by atoms with Crippen LogP contribution in [0.15, 0.2) is 97.2 Å². The van der Waals surface area contributed by atoms with Crippen LogP contribution in [0.4, 0.5) is 0 Å². The van der Waals surface area contributed by atoms with E-state index in [1.807, 2.05) is 4.90 Å². The molecule has 6 heteroatoms. The standard InChI is InChI=1S/C35H46N2O4/c1-3-4-5-6-7-8-9-10-11-12-13-14-15-16-17-18-19-20-21-26-34(39)36-27-29-37(30-28-36)35(40)32-24-22-23-25-33(32)41-31(2)38/h4-5,7-8,10-11,13-14,16-17,19-20,22-25H,3,6,9,12,15,18,21,26-30H2,1-2H3/b5-4-,8-7-,11-10-,14-13-,17-16-,20-19-. The summed E-state index contributed by atoms with van der Waals surface area (Å²) in [4.78, 5) is 40.4. The third-order valence-electron chi connectivity index (χ3n) is 6.41. The van der Waals surface area contributed by atoms with Crippen LogP contribution in [0.25, 0.3) is 0 Å². The van der Waals surface area contributed by atoms with Crippen LogP contribution in [0.2, 0.25) is 0 Å². The van der Waals surface area contributed by atoms with Crippen LogP contribution in [-0.2, 0) is 9.59 Å². The van der Waals surface area contributed by atoms with Crippen molar-refractivity contribution >= 4 is 17.8 Å². The Bertz CT molecular complexity index is 1120. The summed E-state index contributed by atoms with van der Waals surface area (Å²) in [5.41, 5.74) is 0.361. The molecule has 2 rings (SSSR count). The van der Waals surface area contributed by atoms with Gasteiger partial charge >= 0.3 is 5.97 Å². The molecule has 0 aromatic heterocycles. The smallest absolute Gasteiger partial charge is 0.308 e. The Balaban J connectivity index is 1.56. The van der Waals surface area contributed by atoms with Crippen molar-refractivity contribution in [1.29, 1.82) is 0 Å². The van der Waals surface area contributed by atoms with Crippen molar-refractivity contribution in [2.24, 2.45) is 0 Å². The molecule has 41 heavy (non-hydrogen) atoms. The molecular weight excluding hydrogens is 512 g/mol. The molecule has 0 spiro atoms. The van der Waals surface area contributed by atoms with E-state index in [0.29, 0.717) is 44.6 Å².